The van der Waals surface area contributed by atoms with Gasteiger partial charge >= 0.3 is 0 Å². The molecular weight excluding hydrogens is 270 g/mol. The Morgan fingerprint density at radius 2 is 2.33 bits per heavy atom. The van der Waals surface area contributed by atoms with E-state index in [2.05, 4.69) is 15.3 Å². The van der Waals surface area contributed by atoms with Crippen LogP contribution in [0.4, 0.5) is 5.13 Å². The first kappa shape index (κ1) is 13.0. The van der Waals surface area contributed by atoms with Crippen LogP contribution in [0.15, 0.2) is 18.5 Å². The van der Waals surface area contributed by atoms with E-state index in [0.29, 0.717) is 15.7 Å². The standard InChI is InChI=1S/C12H12ClN3OS/c1-3-10-7(2)18-12(15-10)16-11(17)8-6-14-5-4-9(8)13/h4-6H,3H2,1-2H3,(H,15,16,17). The summed E-state index contributed by atoms with van der Waals surface area (Å²) in [6.07, 6.45) is 3.84. The molecule has 0 radical (unpaired) electrons. The fourth-order valence-corrected chi connectivity index (χ4v) is 2.61. The van der Waals surface area contributed by atoms with Crippen molar-refractivity contribution in [3.63, 3.8) is 0 Å². The van der Waals surface area contributed by atoms with E-state index in [1.807, 2.05) is 13.8 Å². The van der Waals surface area contributed by atoms with Gasteiger partial charge < -0.3 is 0 Å². The minimum Gasteiger partial charge on any atom is -0.298 e. The number of carbonyl (C=O) groups is 1. The van der Waals surface area contributed by atoms with Crippen LogP contribution < -0.4 is 5.32 Å². The molecule has 0 aliphatic rings. The Morgan fingerprint density at radius 3 is 2.94 bits per heavy atom. The first-order chi connectivity index (χ1) is 8.61. The van der Waals surface area contributed by atoms with E-state index < -0.39 is 0 Å². The molecule has 94 valence electrons. The molecule has 18 heavy (non-hydrogen) atoms. The summed E-state index contributed by atoms with van der Waals surface area (Å²) in [5.41, 5.74) is 1.36. The zero-order chi connectivity index (χ0) is 13.1. The molecule has 6 heteroatoms. The first-order valence-electron chi connectivity index (χ1n) is 5.49. The maximum atomic E-state index is 12.0. The first-order valence-corrected chi connectivity index (χ1v) is 6.68. The van der Waals surface area contributed by atoms with Crippen molar-refractivity contribution in [2.75, 3.05) is 5.32 Å². The van der Waals surface area contributed by atoms with Crippen LogP contribution in [0.1, 0.15) is 27.9 Å². The summed E-state index contributed by atoms with van der Waals surface area (Å²) < 4.78 is 0. The Morgan fingerprint density at radius 1 is 1.56 bits per heavy atom. The number of aromatic nitrogens is 2. The second-order valence-corrected chi connectivity index (χ2v) is 5.30. The summed E-state index contributed by atoms with van der Waals surface area (Å²) in [7, 11) is 0. The Kier molecular flexibility index (Phi) is 3.93. The molecule has 0 fully saturated rings. The number of amides is 1. The Labute approximate surface area is 114 Å². The molecule has 0 aliphatic carbocycles. The number of thiazole rings is 1. The van der Waals surface area contributed by atoms with E-state index in [0.717, 1.165) is 17.0 Å². The molecule has 0 unspecified atom stereocenters. The average Bonchev–Trinajstić information content (AvgIpc) is 2.69. The maximum absolute atomic E-state index is 12.0. The minimum atomic E-state index is -0.287. The van der Waals surface area contributed by atoms with Gasteiger partial charge in [-0.3, -0.25) is 15.1 Å². The number of hydrogen-bond acceptors (Lipinski definition) is 4. The van der Waals surface area contributed by atoms with Gasteiger partial charge in [-0.25, -0.2) is 4.98 Å². The molecule has 0 bridgehead atoms. The molecular formula is C12H12ClN3OS. The van der Waals surface area contributed by atoms with Crippen molar-refractivity contribution < 1.29 is 4.79 Å². The number of nitrogens with one attached hydrogen (secondary N) is 1. The van der Waals surface area contributed by atoms with Gasteiger partial charge in [-0.1, -0.05) is 18.5 Å². The zero-order valence-corrected chi connectivity index (χ0v) is 11.6. The Hall–Kier alpha value is -1.46. The predicted octanol–water partition coefficient (Wildman–Crippen LogP) is 3.31. The quantitative estimate of drug-likeness (QED) is 0.939. The highest BCUT2D eigenvalue weighted by atomic mass is 35.5. The molecule has 2 rings (SSSR count). The van der Waals surface area contributed by atoms with Crippen molar-refractivity contribution in [2.24, 2.45) is 0 Å². The van der Waals surface area contributed by atoms with Crippen LogP contribution in [0, 0.1) is 6.92 Å². The summed E-state index contributed by atoms with van der Waals surface area (Å²) in [5.74, 6) is -0.287. The number of aryl methyl sites for hydroxylation is 2. The molecule has 0 saturated heterocycles. The summed E-state index contributed by atoms with van der Waals surface area (Å²) >= 11 is 7.39. The van der Waals surface area contributed by atoms with Gasteiger partial charge in [0.15, 0.2) is 5.13 Å². The van der Waals surface area contributed by atoms with Gasteiger partial charge in [0.1, 0.15) is 0 Å². The lowest BCUT2D eigenvalue weighted by Gasteiger charge is -2.02. The predicted molar refractivity (Wildman–Crippen MR) is 73.4 cm³/mol. The molecule has 0 spiro atoms. The maximum Gasteiger partial charge on any atom is 0.260 e. The molecule has 2 aromatic heterocycles. The molecule has 1 N–H and O–H groups in total. The van der Waals surface area contributed by atoms with Crippen molar-refractivity contribution in [3.8, 4) is 0 Å². The van der Waals surface area contributed by atoms with Crippen LogP contribution >= 0.6 is 22.9 Å². The number of carbonyl (C=O) groups excluding carboxylic acids is 1. The molecule has 0 aliphatic heterocycles. The van der Waals surface area contributed by atoms with Crippen LogP contribution in [-0.2, 0) is 6.42 Å². The Bertz CT molecular complexity index is 582. The van der Waals surface area contributed by atoms with Gasteiger partial charge in [-0.2, -0.15) is 0 Å². The number of hydrogen-bond donors (Lipinski definition) is 1. The van der Waals surface area contributed by atoms with Crippen LogP contribution in [0.2, 0.25) is 5.02 Å². The van der Waals surface area contributed by atoms with E-state index in [1.54, 1.807) is 12.3 Å². The molecule has 2 aromatic rings. The van der Waals surface area contributed by atoms with Gasteiger partial charge in [-0.15, -0.1) is 11.3 Å². The van der Waals surface area contributed by atoms with E-state index >= 15 is 0 Å². The SMILES string of the molecule is CCc1nc(NC(=O)c2cnccc2Cl)sc1C. The molecule has 1 amide bonds. The fourth-order valence-electron chi connectivity index (χ4n) is 1.52. The van der Waals surface area contributed by atoms with E-state index in [9.17, 15) is 4.79 Å². The average molecular weight is 282 g/mol. The van der Waals surface area contributed by atoms with Gasteiger partial charge in [0, 0.05) is 17.3 Å². The second-order valence-electron chi connectivity index (χ2n) is 3.69. The smallest absolute Gasteiger partial charge is 0.260 e. The second kappa shape index (κ2) is 5.46. The fraction of sp³-hybridized carbons (Fsp3) is 0.250. The largest absolute Gasteiger partial charge is 0.298 e. The van der Waals surface area contributed by atoms with E-state index in [-0.39, 0.29) is 5.91 Å². The number of anilines is 1. The topological polar surface area (TPSA) is 54.9 Å². The molecule has 4 nitrogen and oxygen atoms in total. The van der Waals surface area contributed by atoms with E-state index in [1.165, 1.54) is 17.5 Å². The zero-order valence-electron chi connectivity index (χ0n) is 10.0. The third-order valence-corrected chi connectivity index (χ3v) is 3.72. The monoisotopic (exact) mass is 281 g/mol. The summed E-state index contributed by atoms with van der Waals surface area (Å²) in [5, 5.41) is 3.71. The van der Waals surface area contributed by atoms with Gasteiger partial charge in [0.2, 0.25) is 0 Å². The van der Waals surface area contributed by atoms with Crippen molar-refractivity contribution in [3.05, 3.63) is 39.6 Å². The third-order valence-electron chi connectivity index (χ3n) is 2.46. The molecule has 0 saturated carbocycles. The van der Waals surface area contributed by atoms with Crippen molar-refractivity contribution >= 4 is 34.0 Å². The van der Waals surface area contributed by atoms with E-state index in [4.69, 9.17) is 11.6 Å². The number of nitrogens with zero attached hydrogens (tertiary/aromatic N) is 2. The lowest BCUT2D eigenvalue weighted by molar-refractivity contribution is 0.102. The number of halogens is 1. The van der Waals surface area contributed by atoms with Crippen LogP contribution in [-0.4, -0.2) is 15.9 Å². The lowest BCUT2D eigenvalue weighted by Crippen LogP contribution is -2.12. The highest BCUT2D eigenvalue weighted by Crippen LogP contribution is 2.23. The molecule has 2 heterocycles. The van der Waals surface area contributed by atoms with Gasteiger partial charge in [0.25, 0.3) is 5.91 Å². The van der Waals surface area contributed by atoms with Gasteiger partial charge in [0.05, 0.1) is 16.3 Å². The highest BCUT2D eigenvalue weighted by molar-refractivity contribution is 7.15. The molecule has 0 aromatic carbocycles. The number of rotatable bonds is 3. The number of pyridine rings is 1. The van der Waals surface area contributed by atoms with Crippen LogP contribution in [0.5, 0.6) is 0 Å². The minimum absolute atomic E-state index is 0.287. The van der Waals surface area contributed by atoms with Gasteiger partial charge in [-0.05, 0) is 19.4 Å². The van der Waals surface area contributed by atoms with Crippen LogP contribution in [0.25, 0.3) is 0 Å². The van der Waals surface area contributed by atoms with Crippen molar-refractivity contribution in [2.45, 2.75) is 20.3 Å². The lowest BCUT2D eigenvalue weighted by atomic mass is 10.3. The Balaban J connectivity index is 2.19. The third kappa shape index (κ3) is 2.68. The summed E-state index contributed by atoms with van der Waals surface area (Å²) in [6.45, 7) is 4.02. The highest BCUT2D eigenvalue weighted by Gasteiger charge is 2.13. The summed E-state index contributed by atoms with van der Waals surface area (Å²) in [4.78, 5) is 21.3. The molecule has 0 atom stereocenters. The van der Waals surface area contributed by atoms with Crippen LogP contribution in [0.3, 0.4) is 0 Å². The van der Waals surface area contributed by atoms with Crippen molar-refractivity contribution in [1.29, 1.82) is 0 Å². The normalized spacial score (nSPS) is 10.4. The summed E-state index contributed by atoms with van der Waals surface area (Å²) in [6, 6.07) is 1.58. The van der Waals surface area contributed by atoms with Crippen molar-refractivity contribution in [1.82, 2.24) is 9.97 Å².